The molecule has 0 fully saturated rings. The number of aliphatic hydroxyl groups excluding tert-OH is 1. The molecule has 1 aromatic heterocycles. The summed E-state index contributed by atoms with van der Waals surface area (Å²) in [6.45, 7) is -0.0673. The van der Waals surface area contributed by atoms with Crippen molar-refractivity contribution in [1.29, 1.82) is 5.41 Å². The maximum Gasteiger partial charge on any atom is 0.219 e. The number of ether oxygens (including phenoxy) is 2. The molecule has 6 nitrogen and oxygen atoms in total. The van der Waals surface area contributed by atoms with Crippen LogP contribution in [-0.2, 0) is 6.61 Å². The van der Waals surface area contributed by atoms with Crippen molar-refractivity contribution in [3.63, 3.8) is 0 Å². The predicted octanol–water partition coefficient (Wildman–Crippen LogP) is 1.66. The molecule has 0 atom stereocenters. The molecule has 0 aliphatic rings. The first-order chi connectivity index (χ1) is 9.63. The van der Waals surface area contributed by atoms with E-state index in [1.54, 1.807) is 30.3 Å². The minimum absolute atomic E-state index is 0.0473. The molecule has 0 spiro atoms. The molecule has 2 aromatic rings. The van der Waals surface area contributed by atoms with Gasteiger partial charge in [-0.3, -0.25) is 5.41 Å². The SMILES string of the molecule is COc1cc(CO)ccc1Oc1ccc(C(=N)N)cn1. The number of methoxy groups -OCH3 is 1. The first-order valence-corrected chi connectivity index (χ1v) is 5.90. The van der Waals surface area contributed by atoms with Gasteiger partial charge in [0.05, 0.1) is 13.7 Å². The van der Waals surface area contributed by atoms with Gasteiger partial charge in [-0.15, -0.1) is 0 Å². The summed E-state index contributed by atoms with van der Waals surface area (Å²) in [5.41, 5.74) is 6.61. The van der Waals surface area contributed by atoms with E-state index in [2.05, 4.69) is 4.98 Å². The molecule has 6 heteroatoms. The van der Waals surface area contributed by atoms with Gasteiger partial charge < -0.3 is 20.3 Å². The second-order valence-electron chi connectivity index (χ2n) is 4.04. The van der Waals surface area contributed by atoms with Gasteiger partial charge in [-0.1, -0.05) is 6.07 Å². The van der Waals surface area contributed by atoms with Crippen LogP contribution in [-0.4, -0.2) is 23.0 Å². The van der Waals surface area contributed by atoms with Crippen LogP contribution in [0.5, 0.6) is 17.4 Å². The third kappa shape index (κ3) is 3.04. The molecule has 0 radical (unpaired) electrons. The molecule has 0 aliphatic heterocycles. The monoisotopic (exact) mass is 273 g/mol. The second-order valence-corrected chi connectivity index (χ2v) is 4.04. The Labute approximate surface area is 116 Å². The molecule has 0 unspecified atom stereocenters. The van der Waals surface area contributed by atoms with Crippen LogP contribution in [0.25, 0.3) is 0 Å². The number of nitrogens with one attached hydrogen (secondary N) is 1. The molecular formula is C14H15N3O3. The lowest BCUT2D eigenvalue weighted by Gasteiger charge is -2.10. The van der Waals surface area contributed by atoms with E-state index in [9.17, 15) is 0 Å². The number of amidine groups is 1. The Bertz CT molecular complexity index is 612. The third-order valence-electron chi connectivity index (χ3n) is 2.67. The van der Waals surface area contributed by atoms with Crippen molar-refractivity contribution in [3.8, 4) is 17.4 Å². The van der Waals surface area contributed by atoms with E-state index in [1.807, 2.05) is 0 Å². The summed E-state index contributed by atoms with van der Waals surface area (Å²) in [6, 6.07) is 8.40. The lowest BCUT2D eigenvalue weighted by atomic mass is 10.2. The Balaban J connectivity index is 2.23. The zero-order chi connectivity index (χ0) is 14.5. The van der Waals surface area contributed by atoms with E-state index < -0.39 is 0 Å². The molecule has 0 saturated heterocycles. The fraction of sp³-hybridized carbons (Fsp3) is 0.143. The second kappa shape index (κ2) is 6.03. The fourth-order valence-corrected chi connectivity index (χ4v) is 1.61. The molecule has 2 rings (SSSR count). The van der Waals surface area contributed by atoms with Gasteiger partial charge in [-0.25, -0.2) is 4.98 Å². The smallest absolute Gasteiger partial charge is 0.219 e. The molecule has 1 aromatic carbocycles. The maximum absolute atomic E-state index is 9.08. The molecule has 20 heavy (non-hydrogen) atoms. The van der Waals surface area contributed by atoms with Gasteiger partial charge in [-0.2, -0.15) is 0 Å². The van der Waals surface area contributed by atoms with Crippen LogP contribution in [0.1, 0.15) is 11.1 Å². The van der Waals surface area contributed by atoms with Gasteiger partial charge in [0.15, 0.2) is 11.5 Å². The van der Waals surface area contributed by atoms with E-state index >= 15 is 0 Å². The minimum atomic E-state index is -0.0673. The topological polar surface area (TPSA) is 101 Å². The standard InChI is InChI=1S/C14H15N3O3/c1-19-12-6-9(8-18)2-4-11(12)20-13-5-3-10(7-17-13)14(15)16/h2-7,18H,8H2,1H3,(H3,15,16). The third-order valence-corrected chi connectivity index (χ3v) is 2.67. The van der Waals surface area contributed by atoms with Crippen LogP contribution in [0, 0.1) is 5.41 Å². The Morgan fingerprint density at radius 1 is 1.30 bits per heavy atom. The van der Waals surface area contributed by atoms with Gasteiger partial charge >= 0.3 is 0 Å². The fourth-order valence-electron chi connectivity index (χ4n) is 1.61. The molecule has 1 heterocycles. The van der Waals surface area contributed by atoms with Crippen LogP contribution in [0.2, 0.25) is 0 Å². The summed E-state index contributed by atoms with van der Waals surface area (Å²) in [6.07, 6.45) is 1.46. The Morgan fingerprint density at radius 3 is 2.65 bits per heavy atom. The average molecular weight is 273 g/mol. The average Bonchev–Trinajstić information content (AvgIpc) is 2.48. The first kappa shape index (κ1) is 13.8. The molecule has 0 saturated carbocycles. The summed E-state index contributed by atoms with van der Waals surface area (Å²) in [5, 5.41) is 16.4. The largest absolute Gasteiger partial charge is 0.493 e. The van der Waals surface area contributed by atoms with Crippen molar-refractivity contribution in [3.05, 3.63) is 47.7 Å². The zero-order valence-electron chi connectivity index (χ0n) is 11.0. The van der Waals surface area contributed by atoms with Crippen LogP contribution in [0.15, 0.2) is 36.5 Å². The van der Waals surface area contributed by atoms with Crippen molar-refractivity contribution in [1.82, 2.24) is 4.98 Å². The van der Waals surface area contributed by atoms with Gasteiger partial charge in [-0.05, 0) is 23.8 Å². The van der Waals surface area contributed by atoms with Gasteiger partial charge in [0.1, 0.15) is 5.84 Å². The lowest BCUT2D eigenvalue weighted by molar-refractivity contribution is 0.280. The number of aromatic nitrogens is 1. The van der Waals surface area contributed by atoms with E-state index in [-0.39, 0.29) is 12.4 Å². The normalized spacial score (nSPS) is 10.1. The van der Waals surface area contributed by atoms with Crippen molar-refractivity contribution >= 4 is 5.84 Å². The van der Waals surface area contributed by atoms with Crippen LogP contribution < -0.4 is 15.2 Å². The number of nitrogens with two attached hydrogens (primary N) is 1. The van der Waals surface area contributed by atoms with E-state index in [4.69, 9.17) is 25.7 Å². The zero-order valence-corrected chi connectivity index (χ0v) is 11.0. The van der Waals surface area contributed by atoms with Crippen molar-refractivity contribution in [2.75, 3.05) is 7.11 Å². The maximum atomic E-state index is 9.08. The Kier molecular flexibility index (Phi) is 4.17. The predicted molar refractivity (Wildman–Crippen MR) is 74.2 cm³/mol. The van der Waals surface area contributed by atoms with Gasteiger partial charge in [0.25, 0.3) is 0 Å². The summed E-state index contributed by atoms with van der Waals surface area (Å²) >= 11 is 0. The van der Waals surface area contributed by atoms with Crippen LogP contribution in [0.3, 0.4) is 0 Å². The number of rotatable bonds is 5. The number of nitrogen functional groups attached to an aromatic ring is 1. The number of hydrogen-bond acceptors (Lipinski definition) is 5. The number of benzene rings is 1. The van der Waals surface area contributed by atoms with E-state index in [0.717, 1.165) is 5.56 Å². The van der Waals surface area contributed by atoms with Gasteiger partial charge in [0.2, 0.25) is 5.88 Å². The van der Waals surface area contributed by atoms with Gasteiger partial charge in [0, 0.05) is 17.8 Å². The first-order valence-electron chi connectivity index (χ1n) is 5.90. The van der Waals surface area contributed by atoms with Crippen LogP contribution in [0.4, 0.5) is 0 Å². The van der Waals surface area contributed by atoms with E-state index in [0.29, 0.717) is 22.9 Å². The number of hydrogen-bond donors (Lipinski definition) is 3. The number of pyridine rings is 1. The number of nitrogens with zero attached hydrogens (tertiary/aromatic N) is 1. The highest BCUT2D eigenvalue weighted by molar-refractivity contribution is 5.94. The highest BCUT2D eigenvalue weighted by Gasteiger charge is 2.08. The Morgan fingerprint density at radius 2 is 2.10 bits per heavy atom. The summed E-state index contributed by atoms with van der Waals surface area (Å²) < 4.78 is 10.8. The molecule has 4 N–H and O–H groups in total. The minimum Gasteiger partial charge on any atom is -0.493 e. The molecular weight excluding hydrogens is 258 g/mol. The number of aliphatic hydroxyl groups is 1. The summed E-state index contributed by atoms with van der Waals surface area (Å²) in [4.78, 5) is 4.07. The molecule has 0 bridgehead atoms. The molecule has 0 amide bonds. The summed E-state index contributed by atoms with van der Waals surface area (Å²) in [7, 11) is 1.52. The van der Waals surface area contributed by atoms with Crippen molar-refractivity contribution < 1.29 is 14.6 Å². The van der Waals surface area contributed by atoms with E-state index in [1.165, 1.54) is 13.3 Å². The molecule has 104 valence electrons. The molecule has 0 aliphatic carbocycles. The highest BCUT2D eigenvalue weighted by Crippen LogP contribution is 2.31. The summed E-state index contributed by atoms with van der Waals surface area (Å²) in [5.74, 6) is 1.32. The quantitative estimate of drug-likeness (QED) is 0.568. The van der Waals surface area contributed by atoms with Crippen LogP contribution >= 0.6 is 0 Å². The van der Waals surface area contributed by atoms with Crippen molar-refractivity contribution in [2.45, 2.75) is 6.61 Å². The van der Waals surface area contributed by atoms with Crippen molar-refractivity contribution in [2.24, 2.45) is 5.73 Å². The highest BCUT2D eigenvalue weighted by atomic mass is 16.5. The Hall–Kier alpha value is -2.60. The lowest BCUT2D eigenvalue weighted by Crippen LogP contribution is -2.11.